The predicted molar refractivity (Wildman–Crippen MR) is 72.4 cm³/mol. The molecular weight excluding hydrogens is 244 g/mol. The van der Waals surface area contributed by atoms with E-state index in [-0.39, 0.29) is 0 Å². The van der Waals surface area contributed by atoms with E-state index in [1.807, 2.05) is 23.1 Å². The Morgan fingerprint density at radius 1 is 1.37 bits per heavy atom. The Morgan fingerprint density at radius 3 is 2.89 bits per heavy atom. The molecule has 0 saturated carbocycles. The molecule has 104 valence electrons. The second kappa shape index (κ2) is 6.54. The van der Waals surface area contributed by atoms with Gasteiger partial charge in [-0.1, -0.05) is 18.2 Å². The number of aliphatic carboxylic acids is 1. The van der Waals surface area contributed by atoms with Gasteiger partial charge in [0.2, 0.25) is 0 Å². The molecule has 1 atom stereocenters. The summed E-state index contributed by atoms with van der Waals surface area (Å²) < 4.78 is 5.29. The minimum atomic E-state index is -0.827. The Bertz CT molecular complexity index is 428. The largest absolute Gasteiger partial charge is 0.496 e. The quantitative estimate of drug-likeness (QED) is 0.853. The number of hydrogen-bond donors (Lipinski definition) is 2. The molecule has 0 aliphatic carbocycles. The summed E-state index contributed by atoms with van der Waals surface area (Å²) in [4.78, 5) is 13.7. The first-order valence-corrected chi connectivity index (χ1v) is 6.54. The van der Waals surface area contributed by atoms with Crippen LogP contribution in [0.25, 0.3) is 0 Å². The van der Waals surface area contributed by atoms with Crippen LogP contribution in [0, 0.1) is 0 Å². The Labute approximate surface area is 113 Å². The van der Waals surface area contributed by atoms with Gasteiger partial charge in [-0.25, -0.2) is 0 Å². The summed E-state index contributed by atoms with van der Waals surface area (Å²) >= 11 is 0. The third-order valence-corrected chi connectivity index (χ3v) is 3.41. The van der Waals surface area contributed by atoms with Crippen molar-refractivity contribution in [2.75, 3.05) is 33.3 Å². The van der Waals surface area contributed by atoms with Crippen LogP contribution in [-0.2, 0) is 4.79 Å². The minimum absolute atomic E-state index is 0.632. The smallest absolute Gasteiger partial charge is 0.325 e. The molecule has 5 nitrogen and oxygen atoms in total. The van der Waals surface area contributed by atoms with Gasteiger partial charge >= 0.3 is 5.97 Å². The van der Waals surface area contributed by atoms with E-state index in [1.165, 1.54) is 0 Å². The van der Waals surface area contributed by atoms with Crippen LogP contribution in [0.1, 0.15) is 18.0 Å². The van der Waals surface area contributed by atoms with Crippen molar-refractivity contribution in [2.24, 2.45) is 0 Å². The summed E-state index contributed by atoms with van der Waals surface area (Å²) in [6.45, 7) is 3.27. The number of rotatable bonds is 4. The molecule has 0 radical (unpaired) electrons. The highest BCUT2D eigenvalue weighted by molar-refractivity contribution is 5.76. The molecule has 2 rings (SSSR count). The number of nitrogens with zero attached hydrogens (tertiary/aromatic N) is 1. The van der Waals surface area contributed by atoms with Gasteiger partial charge in [0.15, 0.2) is 0 Å². The second-order valence-electron chi connectivity index (χ2n) is 4.62. The van der Waals surface area contributed by atoms with Crippen molar-refractivity contribution < 1.29 is 14.6 Å². The van der Waals surface area contributed by atoms with Crippen molar-refractivity contribution in [1.82, 2.24) is 10.2 Å². The molecule has 1 unspecified atom stereocenters. The second-order valence-corrected chi connectivity index (χ2v) is 4.62. The van der Waals surface area contributed by atoms with Crippen molar-refractivity contribution in [3.8, 4) is 5.75 Å². The molecule has 1 aliphatic heterocycles. The summed E-state index contributed by atoms with van der Waals surface area (Å²) in [7, 11) is 1.57. The SMILES string of the molecule is COc1ccccc1C(C(=O)O)N1CCCNCC1. The van der Waals surface area contributed by atoms with E-state index in [9.17, 15) is 9.90 Å². The number of benzene rings is 1. The van der Waals surface area contributed by atoms with Gasteiger partial charge in [-0.3, -0.25) is 9.69 Å². The highest BCUT2D eigenvalue weighted by Crippen LogP contribution is 2.29. The number of methoxy groups -OCH3 is 1. The zero-order valence-corrected chi connectivity index (χ0v) is 11.1. The summed E-state index contributed by atoms with van der Waals surface area (Å²) in [5.41, 5.74) is 0.722. The van der Waals surface area contributed by atoms with E-state index >= 15 is 0 Å². The van der Waals surface area contributed by atoms with Crippen LogP contribution in [0.3, 0.4) is 0 Å². The number of nitrogens with one attached hydrogen (secondary N) is 1. The van der Waals surface area contributed by atoms with Crippen LogP contribution in [0.4, 0.5) is 0 Å². The van der Waals surface area contributed by atoms with Crippen LogP contribution >= 0.6 is 0 Å². The van der Waals surface area contributed by atoms with Gasteiger partial charge in [-0.2, -0.15) is 0 Å². The third-order valence-electron chi connectivity index (χ3n) is 3.41. The lowest BCUT2D eigenvalue weighted by atomic mass is 10.0. The van der Waals surface area contributed by atoms with Crippen LogP contribution in [0.15, 0.2) is 24.3 Å². The van der Waals surface area contributed by atoms with Crippen LogP contribution in [-0.4, -0.2) is 49.3 Å². The fourth-order valence-electron chi connectivity index (χ4n) is 2.50. The Morgan fingerprint density at radius 2 is 2.16 bits per heavy atom. The molecule has 0 bridgehead atoms. The lowest BCUT2D eigenvalue weighted by Crippen LogP contribution is -2.36. The highest BCUT2D eigenvalue weighted by atomic mass is 16.5. The minimum Gasteiger partial charge on any atom is -0.496 e. The number of ether oxygens (including phenoxy) is 1. The molecule has 0 aromatic heterocycles. The van der Waals surface area contributed by atoms with Gasteiger partial charge < -0.3 is 15.2 Å². The third kappa shape index (κ3) is 3.24. The van der Waals surface area contributed by atoms with E-state index in [0.29, 0.717) is 5.75 Å². The number of para-hydroxylation sites is 1. The Kier molecular flexibility index (Phi) is 4.76. The van der Waals surface area contributed by atoms with Crippen molar-refractivity contribution >= 4 is 5.97 Å². The van der Waals surface area contributed by atoms with E-state index in [1.54, 1.807) is 13.2 Å². The van der Waals surface area contributed by atoms with Crippen molar-refractivity contribution in [1.29, 1.82) is 0 Å². The number of hydrogen-bond acceptors (Lipinski definition) is 4. The lowest BCUT2D eigenvalue weighted by molar-refractivity contribution is -0.143. The zero-order chi connectivity index (χ0) is 13.7. The monoisotopic (exact) mass is 264 g/mol. The van der Waals surface area contributed by atoms with Crippen LogP contribution in [0.2, 0.25) is 0 Å². The molecule has 2 N–H and O–H groups in total. The molecule has 1 aliphatic rings. The van der Waals surface area contributed by atoms with E-state index in [4.69, 9.17) is 4.74 Å². The maximum atomic E-state index is 11.7. The van der Waals surface area contributed by atoms with E-state index in [0.717, 1.165) is 38.2 Å². The Hall–Kier alpha value is -1.59. The summed E-state index contributed by atoms with van der Waals surface area (Å²) in [5, 5.41) is 12.9. The van der Waals surface area contributed by atoms with Crippen molar-refractivity contribution in [2.45, 2.75) is 12.5 Å². The molecular formula is C14H20N2O3. The standard InChI is InChI=1S/C14H20N2O3/c1-19-12-6-3-2-5-11(12)13(14(17)18)16-9-4-7-15-8-10-16/h2-3,5-6,13,15H,4,7-10H2,1H3,(H,17,18). The first-order valence-electron chi connectivity index (χ1n) is 6.54. The first kappa shape index (κ1) is 13.8. The van der Waals surface area contributed by atoms with Crippen molar-refractivity contribution in [3.63, 3.8) is 0 Å². The molecule has 5 heteroatoms. The molecule has 0 spiro atoms. The topological polar surface area (TPSA) is 61.8 Å². The highest BCUT2D eigenvalue weighted by Gasteiger charge is 2.29. The summed E-state index contributed by atoms with van der Waals surface area (Å²) in [6, 6.07) is 6.70. The molecule has 1 aromatic carbocycles. The zero-order valence-electron chi connectivity index (χ0n) is 11.1. The average Bonchev–Trinajstić information content (AvgIpc) is 2.68. The van der Waals surface area contributed by atoms with Crippen LogP contribution in [0.5, 0.6) is 5.75 Å². The molecule has 19 heavy (non-hydrogen) atoms. The summed E-state index contributed by atoms with van der Waals surface area (Å²) in [5.74, 6) is -0.196. The van der Waals surface area contributed by atoms with Gasteiger partial charge in [0.05, 0.1) is 7.11 Å². The van der Waals surface area contributed by atoms with Gasteiger partial charge in [0.1, 0.15) is 11.8 Å². The maximum Gasteiger partial charge on any atom is 0.325 e. The Balaban J connectivity index is 2.30. The van der Waals surface area contributed by atoms with Gasteiger partial charge in [0.25, 0.3) is 0 Å². The van der Waals surface area contributed by atoms with E-state index in [2.05, 4.69) is 5.32 Å². The average molecular weight is 264 g/mol. The maximum absolute atomic E-state index is 11.7. The molecule has 1 heterocycles. The molecule has 1 fully saturated rings. The molecule has 1 aromatic rings. The van der Waals surface area contributed by atoms with Gasteiger partial charge in [0, 0.05) is 25.2 Å². The fourth-order valence-corrected chi connectivity index (χ4v) is 2.50. The summed E-state index contributed by atoms with van der Waals surface area (Å²) in [6.07, 6.45) is 0.957. The molecule has 0 amide bonds. The van der Waals surface area contributed by atoms with Gasteiger partial charge in [-0.05, 0) is 19.0 Å². The fraction of sp³-hybridized carbons (Fsp3) is 0.500. The lowest BCUT2D eigenvalue weighted by Gasteiger charge is -2.28. The number of carboxylic acid groups (broad SMARTS) is 1. The van der Waals surface area contributed by atoms with Gasteiger partial charge in [-0.15, -0.1) is 0 Å². The number of carbonyl (C=O) groups is 1. The molecule has 1 saturated heterocycles. The predicted octanol–water partition coefficient (Wildman–Crippen LogP) is 1.12. The normalized spacial score (nSPS) is 18.6. The first-order chi connectivity index (χ1) is 9.24. The van der Waals surface area contributed by atoms with E-state index < -0.39 is 12.0 Å². The number of carboxylic acids is 1. The van der Waals surface area contributed by atoms with Crippen LogP contribution < -0.4 is 10.1 Å². The van der Waals surface area contributed by atoms with Crippen molar-refractivity contribution in [3.05, 3.63) is 29.8 Å².